The standard InChI is InChI=1S/C28H28N4O7/c1-16-5-9-18(10-6-16)26(34)37-14-21-20(39-27(35)19-11-7-17(2)8-12-19)13-22(38-21)32-15-29-24-23(32)25(33)31(4)28(36)30(24)3/h5-12,15,20-22H,13-14H2,1-4H3/t20-,21+,22+/m0/s1. The van der Waals surface area contributed by atoms with Crippen molar-refractivity contribution in [1.29, 1.82) is 0 Å². The van der Waals surface area contributed by atoms with Crippen LogP contribution in [0.3, 0.4) is 0 Å². The molecule has 0 amide bonds. The van der Waals surface area contributed by atoms with Crippen molar-refractivity contribution in [2.75, 3.05) is 6.61 Å². The van der Waals surface area contributed by atoms with Crippen molar-refractivity contribution in [3.8, 4) is 0 Å². The van der Waals surface area contributed by atoms with E-state index in [9.17, 15) is 19.2 Å². The molecular formula is C28H28N4O7. The van der Waals surface area contributed by atoms with E-state index in [4.69, 9.17) is 14.2 Å². The van der Waals surface area contributed by atoms with Crippen LogP contribution >= 0.6 is 0 Å². The second-order valence-corrected chi connectivity index (χ2v) is 9.67. The third-order valence-corrected chi connectivity index (χ3v) is 6.88. The van der Waals surface area contributed by atoms with E-state index >= 15 is 0 Å². The first kappa shape index (κ1) is 26.1. The molecule has 5 rings (SSSR count). The Balaban J connectivity index is 1.42. The average molecular weight is 533 g/mol. The third kappa shape index (κ3) is 5.00. The third-order valence-electron chi connectivity index (χ3n) is 6.88. The second-order valence-electron chi connectivity index (χ2n) is 9.67. The molecule has 39 heavy (non-hydrogen) atoms. The number of esters is 2. The van der Waals surface area contributed by atoms with Gasteiger partial charge < -0.3 is 14.2 Å². The lowest BCUT2D eigenvalue weighted by Gasteiger charge is -2.19. The van der Waals surface area contributed by atoms with E-state index in [1.54, 1.807) is 24.3 Å². The van der Waals surface area contributed by atoms with Crippen molar-refractivity contribution in [3.05, 3.63) is 98.0 Å². The van der Waals surface area contributed by atoms with Gasteiger partial charge in [0.2, 0.25) is 0 Å². The van der Waals surface area contributed by atoms with Gasteiger partial charge in [0.15, 0.2) is 11.2 Å². The molecule has 11 heteroatoms. The highest BCUT2D eigenvalue weighted by atomic mass is 16.6. The summed E-state index contributed by atoms with van der Waals surface area (Å²) in [5, 5.41) is 0. The minimum atomic E-state index is -0.812. The van der Waals surface area contributed by atoms with E-state index in [1.807, 2.05) is 38.1 Å². The monoisotopic (exact) mass is 532 g/mol. The predicted molar refractivity (Wildman–Crippen MR) is 141 cm³/mol. The first-order chi connectivity index (χ1) is 18.6. The molecule has 0 aliphatic carbocycles. The molecule has 11 nitrogen and oxygen atoms in total. The zero-order valence-electron chi connectivity index (χ0n) is 22.0. The lowest BCUT2D eigenvalue weighted by atomic mass is 10.1. The first-order valence-corrected chi connectivity index (χ1v) is 12.4. The van der Waals surface area contributed by atoms with Gasteiger partial charge in [0.05, 0.1) is 17.5 Å². The van der Waals surface area contributed by atoms with E-state index in [0.717, 1.165) is 15.7 Å². The molecule has 1 fully saturated rings. The maximum Gasteiger partial charge on any atom is 0.338 e. The van der Waals surface area contributed by atoms with Crippen molar-refractivity contribution in [2.45, 2.75) is 38.7 Å². The van der Waals surface area contributed by atoms with Gasteiger partial charge >= 0.3 is 17.6 Å². The van der Waals surface area contributed by atoms with E-state index < -0.39 is 41.6 Å². The summed E-state index contributed by atoms with van der Waals surface area (Å²) in [6.45, 7) is 3.65. The predicted octanol–water partition coefficient (Wildman–Crippen LogP) is 2.42. The Labute approximate surface area is 223 Å². The van der Waals surface area contributed by atoms with Crippen LogP contribution in [0.1, 0.15) is 44.5 Å². The Bertz CT molecular complexity index is 1670. The minimum absolute atomic E-state index is 0.168. The molecule has 0 N–H and O–H groups in total. The summed E-state index contributed by atoms with van der Waals surface area (Å²) in [5.41, 5.74) is 2.10. The van der Waals surface area contributed by atoms with Crippen molar-refractivity contribution in [2.24, 2.45) is 14.1 Å². The molecule has 1 saturated heterocycles. The van der Waals surface area contributed by atoms with Gasteiger partial charge in [0, 0.05) is 20.5 Å². The number of hydrogen-bond acceptors (Lipinski definition) is 8. The summed E-state index contributed by atoms with van der Waals surface area (Å²) < 4.78 is 21.3. The molecule has 0 bridgehead atoms. The average Bonchev–Trinajstić information content (AvgIpc) is 3.54. The normalized spacial score (nSPS) is 18.8. The van der Waals surface area contributed by atoms with Crippen LogP contribution in [0.2, 0.25) is 0 Å². The number of benzene rings is 2. The molecule has 2 aromatic heterocycles. The smallest absolute Gasteiger partial charge is 0.338 e. The van der Waals surface area contributed by atoms with Crippen LogP contribution in [0.5, 0.6) is 0 Å². The Hall–Kier alpha value is -4.51. The van der Waals surface area contributed by atoms with E-state index in [0.29, 0.717) is 11.1 Å². The molecule has 0 saturated carbocycles. The molecule has 1 aliphatic rings. The lowest BCUT2D eigenvalue weighted by Crippen LogP contribution is -2.37. The van der Waals surface area contributed by atoms with E-state index in [1.165, 1.54) is 29.6 Å². The maximum absolute atomic E-state index is 13.0. The number of carbonyl (C=O) groups is 2. The summed E-state index contributed by atoms with van der Waals surface area (Å²) in [5.74, 6) is -1.09. The fourth-order valence-electron chi connectivity index (χ4n) is 4.55. The number of nitrogens with zero attached hydrogens (tertiary/aromatic N) is 4. The van der Waals surface area contributed by atoms with Gasteiger partial charge in [0.1, 0.15) is 25.0 Å². The summed E-state index contributed by atoms with van der Waals surface area (Å²) in [7, 11) is 2.91. The fraction of sp³-hybridized carbons (Fsp3) is 0.321. The number of imidazole rings is 1. The number of ether oxygens (including phenoxy) is 3. The molecule has 2 aromatic carbocycles. The van der Waals surface area contributed by atoms with Crippen LogP contribution < -0.4 is 11.2 Å². The van der Waals surface area contributed by atoms with Crippen LogP contribution in [-0.4, -0.2) is 49.4 Å². The summed E-state index contributed by atoms with van der Waals surface area (Å²) in [6.07, 6.45) is -0.785. The van der Waals surface area contributed by atoms with Crippen LogP contribution in [-0.2, 0) is 28.3 Å². The highest BCUT2D eigenvalue weighted by molar-refractivity contribution is 5.90. The topological polar surface area (TPSA) is 124 Å². The van der Waals surface area contributed by atoms with Gasteiger partial charge in [-0.1, -0.05) is 35.4 Å². The molecule has 3 heterocycles. The molecular weight excluding hydrogens is 504 g/mol. The zero-order chi connectivity index (χ0) is 27.8. The summed E-state index contributed by atoms with van der Waals surface area (Å²) in [4.78, 5) is 55.2. The second kappa shape index (κ2) is 10.3. The Morgan fingerprint density at radius 1 is 0.923 bits per heavy atom. The molecule has 202 valence electrons. The quantitative estimate of drug-likeness (QED) is 0.347. The van der Waals surface area contributed by atoms with Gasteiger partial charge in [-0.2, -0.15) is 0 Å². The van der Waals surface area contributed by atoms with Crippen molar-refractivity contribution in [1.82, 2.24) is 18.7 Å². The van der Waals surface area contributed by atoms with Crippen LogP contribution in [0.4, 0.5) is 0 Å². The van der Waals surface area contributed by atoms with Crippen LogP contribution in [0.25, 0.3) is 11.2 Å². The largest absolute Gasteiger partial charge is 0.459 e. The molecule has 0 radical (unpaired) electrons. The Kier molecular flexibility index (Phi) is 6.92. The Morgan fingerprint density at radius 3 is 2.13 bits per heavy atom. The van der Waals surface area contributed by atoms with Gasteiger partial charge in [-0.15, -0.1) is 0 Å². The van der Waals surface area contributed by atoms with E-state index in [2.05, 4.69) is 4.98 Å². The molecule has 4 aromatic rings. The van der Waals surface area contributed by atoms with E-state index in [-0.39, 0.29) is 24.2 Å². The van der Waals surface area contributed by atoms with Crippen LogP contribution in [0, 0.1) is 13.8 Å². The molecule has 0 unspecified atom stereocenters. The van der Waals surface area contributed by atoms with Gasteiger partial charge in [-0.25, -0.2) is 19.4 Å². The van der Waals surface area contributed by atoms with Gasteiger partial charge in [-0.3, -0.25) is 18.5 Å². The summed E-state index contributed by atoms with van der Waals surface area (Å²) >= 11 is 0. The van der Waals surface area contributed by atoms with Crippen molar-refractivity contribution in [3.63, 3.8) is 0 Å². The molecule has 0 spiro atoms. The van der Waals surface area contributed by atoms with Gasteiger partial charge in [-0.05, 0) is 38.1 Å². The first-order valence-electron chi connectivity index (χ1n) is 12.4. The molecule has 3 atom stereocenters. The maximum atomic E-state index is 13.0. The number of aromatic nitrogens is 4. The SMILES string of the molecule is Cc1ccc(C(=O)OC[C@H]2O[C@@H](n3cnc4c3c(=O)n(C)c(=O)n4C)C[C@@H]2OC(=O)c2ccc(C)cc2)cc1. The van der Waals surface area contributed by atoms with Crippen molar-refractivity contribution >= 4 is 23.1 Å². The van der Waals surface area contributed by atoms with Gasteiger partial charge in [0.25, 0.3) is 5.56 Å². The molecule has 1 aliphatic heterocycles. The number of rotatable bonds is 6. The highest BCUT2D eigenvalue weighted by Crippen LogP contribution is 2.33. The number of hydrogen-bond donors (Lipinski definition) is 0. The highest BCUT2D eigenvalue weighted by Gasteiger charge is 2.41. The Morgan fingerprint density at radius 2 is 1.51 bits per heavy atom. The summed E-state index contributed by atoms with van der Waals surface area (Å²) in [6, 6.07) is 13.9. The fourth-order valence-corrected chi connectivity index (χ4v) is 4.55. The van der Waals surface area contributed by atoms with Crippen molar-refractivity contribution < 1.29 is 23.8 Å². The number of fused-ring (bicyclic) bond motifs is 1. The number of aryl methyl sites for hydroxylation is 3. The van der Waals surface area contributed by atoms with Crippen LogP contribution in [0.15, 0.2) is 64.4 Å². The zero-order valence-corrected chi connectivity index (χ0v) is 22.0. The number of carbonyl (C=O) groups excluding carboxylic acids is 2. The minimum Gasteiger partial charge on any atom is -0.459 e. The lowest BCUT2D eigenvalue weighted by molar-refractivity contribution is -0.0562.